The van der Waals surface area contributed by atoms with E-state index in [1.807, 2.05) is 30.3 Å². The van der Waals surface area contributed by atoms with E-state index in [1.54, 1.807) is 13.0 Å². The average molecular weight is 302 g/mol. The maximum absolute atomic E-state index is 12.5. The molecular formula is C15H12ClN3O2. The van der Waals surface area contributed by atoms with Gasteiger partial charge in [-0.3, -0.25) is 9.36 Å². The van der Waals surface area contributed by atoms with Gasteiger partial charge in [0.25, 0.3) is 0 Å². The fourth-order valence-electron chi connectivity index (χ4n) is 2.26. The van der Waals surface area contributed by atoms with Crippen LogP contribution in [0.25, 0.3) is 5.52 Å². The SMILES string of the molecule is Cc1nn2c(=O)n(Cc3ccccc3)c(C=O)cc2c1Cl. The van der Waals surface area contributed by atoms with E-state index in [0.717, 1.165) is 5.56 Å². The lowest BCUT2D eigenvalue weighted by Gasteiger charge is -2.09. The van der Waals surface area contributed by atoms with Crippen LogP contribution in [0, 0.1) is 6.92 Å². The molecule has 0 saturated carbocycles. The average Bonchev–Trinajstić information content (AvgIpc) is 2.79. The molecule has 0 aliphatic rings. The van der Waals surface area contributed by atoms with E-state index < -0.39 is 0 Å². The minimum atomic E-state index is -0.381. The van der Waals surface area contributed by atoms with E-state index in [1.165, 1.54) is 9.08 Å². The molecule has 0 aliphatic carbocycles. The second-order valence-electron chi connectivity index (χ2n) is 4.74. The van der Waals surface area contributed by atoms with Crippen molar-refractivity contribution >= 4 is 23.4 Å². The number of hydrogen-bond donors (Lipinski definition) is 0. The van der Waals surface area contributed by atoms with Crippen molar-refractivity contribution in [3.63, 3.8) is 0 Å². The molecule has 6 heteroatoms. The Morgan fingerprint density at radius 2 is 2.00 bits per heavy atom. The zero-order valence-electron chi connectivity index (χ0n) is 11.3. The Morgan fingerprint density at radius 1 is 1.29 bits per heavy atom. The van der Waals surface area contributed by atoms with Crippen LogP contribution >= 0.6 is 11.6 Å². The van der Waals surface area contributed by atoms with Crippen LogP contribution in [-0.4, -0.2) is 20.5 Å². The summed E-state index contributed by atoms with van der Waals surface area (Å²) in [4.78, 5) is 23.8. The molecule has 106 valence electrons. The van der Waals surface area contributed by atoms with Gasteiger partial charge in [0.2, 0.25) is 0 Å². The van der Waals surface area contributed by atoms with Crippen molar-refractivity contribution in [3.05, 3.63) is 68.9 Å². The van der Waals surface area contributed by atoms with Gasteiger partial charge in [-0.25, -0.2) is 4.79 Å². The molecule has 0 saturated heterocycles. The zero-order valence-corrected chi connectivity index (χ0v) is 12.0. The summed E-state index contributed by atoms with van der Waals surface area (Å²) in [7, 11) is 0. The number of carbonyl (C=O) groups is 1. The molecule has 0 unspecified atom stereocenters. The molecule has 2 heterocycles. The summed E-state index contributed by atoms with van der Waals surface area (Å²) < 4.78 is 2.62. The van der Waals surface area contributed by atoms with Crippen molar-refractivity contribution in [2.45, 2.75) is 13.5 Å². The van der Waals surface area contributed by atoms with Crippen molar-refractivity contribution in [1.82, 2.24) is 14.2 Å². The Bertz CT molecular complexity index is 881. The van der Waals surface area contributed by atoms with Crippen molar-refractivity contribution in [2.75, 3.05) is 0 Å². The number of carbonyl (C=O) groups excluding carboxylic acids is 1. The summed E-state index contributed by atoms with van der Waals surface area (Å²) in [5, 5.41) is 4.52. The van der Waals surface area contributed by atoms with Crippen molar-refractivity contribution < 1.29 is 4.79 Å². The number of rotatable bonds is 3. The van der Waals surface area contributed by atoms with Gasteiger partial charge in [-0.15, -0.1) is 0 Å². The summed E-state index contributed by atoms with van der Waals surface area (Å²) in [5.41, 5.74) is 1.83. The number of aryl methyl sites for hydroxylation is 1. The minimum absolute atomic E-state index is 0.276. The fourth-order valence-corrected chi connectivity index (χ4v) is 2.43. The van der Waals surface area contributed by atoms with E-state index in [-0.39, 0.29) is 11.4 Å². The van der Waals surface area contributed by atoms with Gasteiger partial charge in [-0.1, -0.05) is 41.9 Å². The third-order valence-corrected chi connectivity index (χ3v) is 3.80. The summed E-state index contributed by atoms with van der Waals surface area (Å²) in [6.45, 7) is 2.02. The second kappa shape index (κ2) is 5.18. The lowest BCUT2D eigenvalue weighted by molar-refractivity contribution is 0.111. The highest BCUT2D eigenvalue weighted by molar-refractivity contribution is 6.34. The lowest BCUT2D eigenvalue weighted by Crippen LogP contribution is -2.30. The van der Waals surface area contributed by atoms with Crippen LogP contribution in [0.1, 0.15) is 21.7 Å². The third-order valence-electron chi connectivity index (χ3n) is 3.33. The first-order valence-electron chi connectivity index (χ1n) is 6.39. The molecule has 0 aliphatic heterocycles. The molecule has 0 N–H and O–H groups in total. The van der Waals surface area contributed by atoms with E-state index in [4.69, 9.17) is 11.6 Å². The zero-order chi connectivity index (χ0) is 15.0. The van der Waals surface area contributed by atoms with Gasteiger partial charge >= 0.3 is 5.69 Å². The molecule has 0 radical (unpaired) electrons. The van der Waals surface area contributed by atoms with Crippen LogP contribution in [0.2, 0.25) is 5.02 Å². The Hall–Kier alpha value is -2.40. The van der Waals surface area contributed by atoms with Crippen LogP contribution < -0.4 is 5.69 Å². The molecule has 3 rings (SSSR count). The Kier molecular flexibility index (Phi) is 3.35. The number of aromatic nitrogens is 3. The standard InChI is InChI=1S/C15H12ClN3O2/c1-10-14(16)13-7-12(9-20)18(15(21)19(13)17-10)8-11-5-3-2-4-6-11/h2-7,9H,8H2,1H3. The number of aldehydes is 1. The Balaban J connectivity index is 2.24. The molecule has 5 nitrogen and oxygen atoms in total. The predicted molar refractivity (Wildman–Crippen MR) is 80.1 cm³/mol. The van der Waals surface area contributed by atoms with Crippen molar-refractivity contribution in [2.24, 2.45) is 0 Å². The van der Waals surface area contributed by atoms with E-state index in [0.29, 0.717) is 29.1 Å². The second-order valence-corrected chi connectivity index (χ2v) is 5.12. The van der Waals surface area contributed by atoms with Crippen LogP contribution in [-0.2, 0) is 6.54 Å². The highest BCUT2D eigenvalue weighted by Crippen LogP contribution is 2.20. The van der Waals surface area contributed by atoms with Gasteiger partial charge < -0.3 is 0 Å². The fraction of sp³-hybridized carbons (Fsp3) is 0.133. The van der Waals surface area contributed by atoms with Crippen LogP contribution in [0.15, 0.2) is 41.2 Å². The monoisotopic (exact) mass is 301 g/mol. The highest BCUT2D eigenvalue weighted by Gasteiger charge is 2.14. The third kappa shape index (κ3) is 2.25. The van der Waals surface area contributed by atoms with Gasteiger partial charge in [0.1, 0.15) is 0 Å². The molecule has 0 spiro atoms. The topological polar surface area (TPSA) is 56.4 Å². The Labute approximate surface area is 125 Å². The van der Waals surface area contributed by atoms with Gasteiger partial charge in [0.15, 0.2) is 6.29 Å². The molecule has 1 aromatic carbocycles. The van der Waals surface area contributed by atoms with Crippen LogP contribution in [0.5, 0.6) is 0 Å². The van der Waals surface area contributed by atoms with E-state index >= 15 is 0 Å². The quantitative estimate of drug-likeness (QED) is 0.698. The smallest absolute Gasteiger partial charge is 0.296 e. The molecule has 0 fully saturated rings. The normalized spacial score (nSPS) is 11.0. The van der Waals surface area contributed by atoms with Crippen LogP contribution in [0.4, 0.5) is 0 Å². The summed E-state index contributed by atoms with van der Waals surface area (Å²) in [5.74, 6) is 0. The molecule has 0 bridgehead atoms. The summed E-state index contributed by atoms with van der Waals surface area (Å²) in [6.07, 6.45) is 0.656. The maximum atomic E-state index is 12.5. The number of benzene rings is 1. The van der Waals surface area contributed by atoms with Crippen molar-refractivity contribution in [3.8, 4) is 0 Å². The van der Waals surface area contributed by atoms with Gasteiger partial charge in [-0.2, -0.15) is 9.61 Å². The number of nitrogens with zero attached hydrogens (tertiary/aromatic N) is 3. The first kappa shape index (κ1) is 13.6. The largest absolute Gasteiger partial charge is 0.350 e. The molecule has 3 aromatic rings. The number of halogens is 1. The lowest BCUT2D eigenvalue weighted by atomic mass is 10.2. The first-order chi connectivity index (χ1) is 10.1. The van der Waals surface area contributed by atoms with E-state index in [9.17, 15) is 9.59 Å². The number of fused-ring (bicyclic) bond motifs is 1. The van der Waals surface area contributed by atoms with E-state index in [2.05, 4.69) is 5.10 Å². The first-order valence-corrected chi connectivity index (χ1v) is 6.77. The molecule has 0 atom stereocenters. The molecule has 0 amide bonds. The Morgan fingerprint density at radius 3 is 2.67 bits per heavy atom. The van der Waals surface area contributed by atoms with Crippen LogP contribution in [0.3, 0.4) is 0 Å². The molecular weight excluding hydrogens is 290 g/mol. The number of hydrogen-bond acceptors (Lipinski definition) is 3. The minimum Gasteiger partial charge on any atom is -0.296 e. The van der Waals surface area contributed by atoms with Gasteiger partial charge in [0, 0.05) is 0 Å². The molecule has 21 heavy (non-hydrogen) atoms. The van der Waals surface area contributed by atoms with Gasteiger partial charge in [-0.05, 0) is 18.6 Å². The summed E-state index contributed by atoms with van der Waals surface area (Å²) >= 11 is 6.11. The summed E-state index contributed by atoms with van der Waals surface area (Å²) in [6, 6.07) is 11.0. The molecule has 2 aromatic heterocycles. The highest BCUT2D eigenvalue weighted by atomic mass is 35.5. The van der Waals surface area contributed by atoms with Crippen molar-refractivity contribution in [1.29, 1.82) is 0 Å². The van der Waals surface area contributed by atoms with Gasteiger partial charge in [0.05, 0.1) is 28.5 Å². The predicted octanol–water partition coefficient (Wildman–Crippen LogP) is 2.32. The maximum Gasteiger partial charge on any atom is 0.350 e.